The van der Waals surface area contributed by atoms with E-state index >= 15 is 0 Å². The first-order valence-corrected chi connectivity index (χ1v) is 19.0. The van der Waals surface area contributed by atoms with Crippen LogP contribution in [-0.2, 0) is 0 Å². The molecule has 4 aromatic rings. The normalized spacial score (nSPS) is 19.2. The van der Waals surface area contributed by atoms with E-state index in [0.29, 0.717) is 11.8 Å². The molecule has 0 saturated heterocycles. The van der Waals surface area contributed by atoms with Gasteiger partial charge in [0.2, 0.25) is 11.6 Å². The number of nitrogens with zero attached hydrogens (tertiary/aromatic N) is 2. The minimum absolute atomic E-state index is 0.269. The van der Waals surface area contributed by atoms with Gasteiger partial charge in [-0.15, -0.1) is 0 Å². The fourth-order valence-electron chi connectivity index (χ4n) is 7.59. The molecule has 2 aliphatic rings. The number of carbonyl (C=O) groups excluding carboxylic acids is 2. The van der Waals surface area contributed by atoms with E-state index in [9.17, 15) is 27.2 Å². The van der Waals surface area contributed by atoms with Gasteiger partial charge in [-0.2, -0.15) is 19.3 Å². The van der Waals surface area contributed by atoms with Gasteiger partial charge in [-0.25, -0.2) is 18.4 Å². The van der Waals surface area contributed by atoms with Crippen molar-refractivity contribution in [2.45, 2.75) is 96.3 Å². The van der Waals surface area contributed by atoms with Gasteiger partial charge in [0, 0.05) is 0 Å². The van der Waals surface area contributed by atoms with Crippen molar-refractivity contribution in [2.75, 3.05) is 0 Å². The molecule has 2 aliphatic carbocycles. The van der Waals surface area contributed by atoms with E-state index in [2.05, 4.69) is 13.8 Å². The van der Waals surface area contributed by atoms with Gasteiger partial charge >= 0.3 is 11.9 Å². The predicted molar refractivity (Wildman–Crippen MR) is 200 cm³/mol. The van der Waals surface area contributed by atoms with Gasteiger partial charge in [0.1, 0.15) is 12.1 Å². The molecule has 0 N–H and O–H groups in total. The highest BCUT2D eigenvalue weighted by Gasteiger charge is 2.24. The first-order chi connectivity index (χ1) is 26.6. The summed E-state index contributed by atoms with van der Waals surface area (Å²) in [5.74, 6) is -5.25. The highest BCUT2D eigenvalue weighted by Crippen LogP contribution is 2.38. The van der Waals surface area contributed by atoms with Crippen molar-refractivity contribution in [2.24, 2.45) is 11.8 Å². The van der Waals surface area contributed by atoms with Crippen molar-refractivity contribution in [3.8, 4) is 23.6 Å². The van der Waals surface area contributed by atoms with Crippen molar-refractivity contribution < 1.29 is 36.6 Å². The summed E-state index contributed by atoms with van der Waals surface area (Å²) in [6.07, 6.45) is 13.3. The Morgan fingerprint density at radius 2 is 0.945 bits per heavy atom. The second kappa shape index (κ2) is 19.2. The summed E-state index contributed by atoms with van der Waals surface area (Å²) < 4.78 is 65.0. The summed E-state index contributed by atoms with van der Waals surface area (Å²) in [5, 5.41) is 17.4. The van der Waals surface area contributed by atoms with Crippen LogP contribution in [0.4, 0.5) is 17.6 Å². The highest BCUT2D eigenvalue weighted by atomic mass is 19.2. The quantitative estimate of drug-likeness (QED) is 0.0958. The van der Waals surface area contributed by atoms with Crippen molar-refractivity contribution in [3.63, 3.8) is 0 Å². The zero-order valence-corrected chi connectivity index (χ0v) is 31.1. The molecular weight excluding hydrogens is 708 g/mol. The topological polar surface area (TPSA) is 100 Å². The monoisotopic (exact) mass is 752 g/mol. The lowest BCUT2D eigenvalue weighted by molar-refractivity contribution is 0.0717. The molecule has 0 aromatic heterocycles. The van der Waals surface area contributed by atoms with Crippen LogP contribution in [0.5, 0.6) is 11.5 Å². The summed E-state index contributed by atoms with van der Waals surface area (Å²) in [4.78, 5) is 24.5. The van der Waals surface area contributed by atoms with E-state index in [-0.39, 0.29) is 11.1 Å². The first-order valence-electron chi connectivity index (χ1n) is 19.0. The minimum Gasteiger partial charge on any atom is -0.420 e. The molecule has 6 nitrogen and oxygen atoms in total. The maximum atomic E-state index is 13.9. The maximum absolute atomic E-state index is 13.9. The molecule has 2 fully saturated rings. The number of esters is 2. The molecule has 286 valence electrons. The number of carbonyl (C=O) groups is 2. The zero-order valence-electron chi connectivity index (χ0n) is 31.1. The van der Waals surface area contributed by atoms with Crippen LogP contribution >= 0.6 is 0 Å². The predicted octanol–water partition coefficient (Wildman–Crippen LogP) is 11.9. The average Bonchev–Trinajstić information content (AvgIpc) is 3.22. The first kappa shape index (κ1) is 40.7. The lowest BCUT2D eigenvalue weighted by Gasteiger charge is -2.28. The van der Waals surface area contributed by atoms with Crippen molar-refractivity contribution in [1.29, 1.82) is 10.5 Å². The molecule has 0 amide bonds. The second-order valence-electron chi connectivity index (χ2n) is 14.4. The van der Waals surface area contributed by atoms with Crippen LogP contribution in [0.15, 0.2) is 72.8 Å². The number of ether oxygens (including phenoxy) is 2. The highest BCUT2D eigenvalue weighted by molar-refractivity contribution is 5.91. The van der Waals surface area contributed by atoms with E-state index in [1.165, 1.54) is 68.2 Å². The van der Waals surface area contributed by atoms with Crippen LogP contribution < -0.4 is 9.47 Å². The third-order valence-electron chi connectivity index (χ3n) is 10.9. The van der Waals surface area contributed by atoms with Crippen LogP contribution in [0.1, 0.15) is 139 Å². The van der Waals surface area contributed by atoms with E-state index in [1.54, 1.807) is 24.3 Å². The lowest BCUT2D eigenvalue weighted by atomic mass is 9.77. The largest absolute Gasteiger partial charge is 0.420 e. The van der Waals surface area contributed by atoms with Crippen molar-refractivity contribution in [3.05, 3.63) is 129 Å². The molecule has 55 heavy (non-hydrogen) atoms. The SMILES string of the molecule is CCC1CCC(c2ccc(C(=O)Oc3ccc(C#N)c(F)c3F)cc2)CC1.CCCC1CCC(c2ccc(C(=O)Oc3ccc(C#N)c(F)c3F)cc2)CC1. The molecule has 10 heteroatoms. The number of rotatable bonds is 9. The number of hydrogen-bond acceptors (Lipinski definition) is 6. The van der Waals surface area contributed by atoms with Crippen LogP contribution in [0.25, 0.3) is 0 Å². The van der Waals surface area contributed by atoms with Gasteiger partial charge in [0.25, 0.3) is 0 Å². The fourth-order valence-corrected chi connectivity index (χ4v) is 7.59. The second-order valence-corrected chi connectivity index (χ2v) is 14.4. The Morgan fingerprint density at radius 1 is 0.564 bits per heavy atom. The van der Waals surface area contributed by atoms with Crippen LogP contribution in [0.2, 0.25) is 0 Å². The fraction of sp³-hybridized carbons (Fsp3) is 0.378. The van der Waals surface area contributed by atoms with Gasteiger partial charge in [-0.1, -0.05) is 57.4 Å². The van der Waals surface area contributed by atoms with E-state index in [4.69, 9.17) is 20.0 Å². The lowest BCUT2D eigenvalue weighted by Crippen LogP contribution is -2.14. The molecule has 2 saturated carbocycles. The van der Waals surface area contributed by atoms with E-state index < -0.39 is 57.8 Å². The number of benzene rings is 4. The molecule has 6 rings (SSSR count). The maximum Gasteiger partial charge on any atom is 0.343 e. The van der Waals surface area contributed by atoms with Gasteiger partial charge in [-0.3, -0.25) is 0 Å². The Bertz CT molecular complexity index is 2040. The third-order valence-corrected chi connectivity index (χ3v) is 10.9. The summed E-state index contributed by atoms with van der Waals surface area (Å²) >= 11 is 0. The molecule has 0 unspecified atom stereocenters. The molecule has 0 radical (unpaired) electrons. The van der Waals surface area contributed by atoms with Crippen molar-refractivity contribution >= 4 is 11.9 Å². The van der Waals surface area contributed by atoms with E-state index in [1.807, 2.05) is 24.3 Å². The Morgan fingerprint density at radius 3 is 1.29 bits per heavy atom. The van der Waals surface area contributed by atoms with Crippen LogP contribution in [0.3, 0.4) is 0 Å². The molecule has 0 aliphatic heterocycles. The summed E-state index contributed by atoms with van der Waals surface area (Å²) in [5.41, 5.74) is 2.06. The van der Waals surface area contributed by atoms with Gasteiger partial charge in [-0.05, 0) is 135 Å². The molecule has 0 spiro atoms. The summed E-state index contributed by atoms with van der Waals surface area (Å²) in [6, 6.07) is 21.7. The Labute approximate surface area is 319 Å². The summed E-state index contributed by atoms with van der Waals surface area (Å²) in [6.45, 7) is 4.45. The smallest absolute Gasteiger partial charge is 0.343 e. The summed E-state index contributed by atoms with van der Waals surface area (Å²) in [7, 11) is 0. The molecular formula is C45H44F4N2O4. The standard InChI is InChI=1S/C23H23F2NO2.C22H21F2NO2/c1-2-3-15-4-6-16(7-5-15)17-8-10-18(11-9-17)23(27)28-20-13-12-19(14-26)21(24)22(20)25;1-2-14-3-5-15(6-4-14)16-7-9-17(10-8-16)22(26)27-19-12-11-18(13-25)20(23)21(19)24/h8-13,15-16H,2-7H2,1H3;7-12,14-15H,2-6H2,1H3. The minimum atomic E-state index is -1.34. The molecule has 0 bridgehead atoms. The average molecular weight is 753 g/mol. The Hall–Kier alpha value is -5.48. The Kier molecular flexibility index (Phi) is 14.2. The van der Waals surface area contributed by atoms with Crippen LogP contribution in [-0.4, -0.2) is 11.9 Å². The number of nitriles is 2. The van der Waals surface area contributed by atoms with Crippen molar-refractivity contribution in [1.82, 2.24) is 0 Å². The Balaban J connectivity index is 0.000000211. The zero-order chi connectivity index (χ0) is 39.5. The molecule has 0 heterocycles. The number of halogens is 4. The van der Waals surface area contributed by atoms with Gasteiger partial charge < -0.3 is 9.47 Å². The molecule has 4 aromatic carbocycles. The third kappa shape index (κ3) is 10.2. The molecule has 0 atom stereocenters. The number of hydrogen-bond donors (Lipinski definition) is 0. The van der Waals surface area contributed by atoms with Crippen LogP contribution in [0, 0.1) is 57.8 Å². The van der Waals surface area contributed by atoms with Gasteiger partial charge in [0.15, 0.2) is 23.1 Å². The van der Waals surface area contributed by atoms with Gasteiger partial charge in [0.05, 0.1) is 22.3 Å². The van der Waals surface area contributed by atoms with E-state index in [0.717, 1.165) is 61.8 Å².